The van der Waals surface area contributed by atoms with Crippen LogP contribution in [0.3, 0.4) is 0 Å². The molecule has 4 aromatic heterocycles. The molecule has 0 bridgehead atoms. The van der Waals surface area contributed by atoms with Gasteiger partial charge in [0.2, 0.25) is 0 Å². The van der Waals surface area contributed by atoms with Gasteiger partial charge < -0.3 is 25.8 Å². The number of aromatic nitrogens is 4. The lowest BCUT2D eigenvalue weighted by Crippen LogP contribution is -2.54. The Balaban J connectivity index is 1.48. The van der Waals surface area contributed by atoms with Crippen LogP contribution in [-0.2, 0) is 12.7 Å². The van der Waals surface area contributed by atoms with E-state index < -0.39 is 11.7 Å². The lowest BCUT2D eigenvalue weighted by molar-refractivity contribution is -0.137. The van der Waals surface area contributed by atoms with Crippen LogP contribution >= 0.6 is 0 Å². The number of nitrogens with one attached hydrogen (secondary N) is 4. The SMILES string of the molecule is CNc1cc(-c2c[nH]c3nccc(NCc4cc(C(F)(F)F)cc(N5C[C@@H](C)N[C@@H](C)C5)n4)c23)ccn1. The first kappa shape index (κ1) is 24.8. The second-order valence-corrected chi connectivity index (χ2v) is 9.39. The summed E-state index contributed by atoms with van der Waals surface area (Å²) in [6.07, 6.45) is 0.771. The molecule has 8 nitrogen and oxygen atoms in total. The zero-order chi connectivity index (χ0) is 26.2. The predicted molar refractivity (Wildman–Crippen MR) is 140 cm³/mol. The van der Waals surface area contributed by atoms with Crippen molar-refractivity contribution in [1.29, 1.82) is 0 Å². The van der Waals surface area contributed by atoms with E-state index in [-0.39, 0.29) is 18.6 Å². The van der Waals surface area contributed by atoms with E-state index in [1.54, 1.807) is 19.4 Å². The molecule has 194 valence electrons. The Hall–Kier alpha value is -3.86. The maximum atomic E-state index is 13.8. The number of hydrogen-bond acceptors (Lipinski definition) is 7. The molecule has 5 rings (SSSR count). The van der Waals surface area contributed by atoms with Crippen LogP contribution in [0.2, 0.25) is 0 Å². The Morgan fingerprint density at radius 3 is 2.54 bits per heavy atom. The Kier molecular flexibility index (Phi) is 6.63. The summed E-state index contributed by atoms with van der Waals surface area (Å²) in [5.74, 6) is 1.06. The molecular weight excluding hydrogens is 481 g/mol. The van der Waals surface area contributed by atoms with E-state index in [9.17, 15) is 13.2 Å². The minimum absolute atomic E-state index is 0.121. The van der Waals surface area contributed by atoms with Crippen LogP contribution in [0.4, 0.5) is 30.5 Å². The minimum Gasteiger partial charge on any atom is -0.379 e. The number of rotatable bonds is 6. The number of H-pyrrole nitrogens is 1. The van der Waals surface area contributed by atoms with Gasteiger partial charge in [-0.05, 0) is 49.7 Å². The summed E-state index contributed by atoms with van der Waals surface area (Å²) in [5, 5.41) is 10.6. The number of anilines is 3. The molecule has 0 aromatic carbocycles. The number of nitrogens with zero attached hydrogens (tertiary/aromatic N) is 4. The molecule has 0 unspecified atom stereocenters. The average molecular weight is 511 g/mol. The van der Waals surface area contributed by atoms with Crippen molar-refractivity contribution in [3.05, 3.63) is 60.2 Å². The van der Waals surface area contributed by atoms with Crippen molar-refractivity contribution in [2.45, 2.75) is 38.7 Å². The Morgan fingerprint density at radius 2 is 1.81 bits per heavy atom. The summed E-state index contributed by atoms with van der Waals surface area (Å²) in [7, 11) is 1.80. The van der Waals surface area contributed by atoms with Gasteiger partial charge in [0, 0.05) is 67.4 Å². The van der Waals surface area contributed by atoms with Crippen molar-refractivity contribution in [2.24, 2.45) is 0 Å². The molecule has 0 radical (unpaired) electrons. The highest BCUT2D eigenvalue weighted by Gasteiger charge is 2.33. The second-order valence-electron chi connectivity index (χ2n) is 9.39. The standard InChI is InChI=1S/C26H29F3N8/c1-15-13-37(14-16(2)35-15)23-10-18(26(27,28)29)9-19(36-23)11-33-21-5-7-32-25-24(21)20(12-34-25)17-4-6-31-22(8-17)30-3/h4-10,12,15-16,35H,11,13-14H2,1-3H3,(H,30,31)(H2,32,33,34)/t15-,16+. The van der Waals surface area contributed by atoms with E-state index >= 15 is 0 Å². The van der Waals surface area contributed by atoms with Gasteiger partial charge in [0.15, 0.2) is 0 Å². The van der Waals surface area contributed by atoms with Crippen molar-refractivity contribution >= 4 is 28.4 Å². The molecule has 0 saturated carbocycles. The summed E-state index contributed by atoms with van der Waals surface area (Å²) in [4.78, 5) is 18.4. The van der Waals surface area contributed by atoms with Gasteiger partial charge in [0.1, 0.15) is 17.3 Å². The predicted octanol–water partition coefficient (Wildman–Crippen LogP) is 4.88. The molecule has 1 fully saturated rings. The molecule has 2 atom stereocenters. The fourth-order valence-corrected chi connectivity index (χ4v) is 4.85. The lowest BCUT2D eigenvalue weighted by atomic mass is 10.1. The Bertz CT molecular complexity index is 1390. The number of piperazine rings is 1. The van der Waals surface area contributed by atoms with Crippen molar-refractivity contribution in [3.8, 4) is 11.1 Å². The third-order valence-electron chi connectivity index (χ3n) is 6.43. The van der Waals surface area contributed by atoms with Gasteiger partial charge in [-0.25, -0.2) is 15.0 Å². The highest BCUT2D eigenvalue weighted by Crippen LogP contribution is 2.35. The molecule has 1 aliphatic heterocycles. The number of aromatic amines is 1. The summed E-state index contributed by atoms with van der Waals surface area (Å²) >= 11 is 0. The molecule has 4 aromatic rings. The molecule has 0 aliphatic carbocycles. The number of halogens is 3. The first-order valence-electron chi connectivity index (χ1n) is 12.1. The monoisotopic (exact) mass is 510 g/mol. The van der Waals surface area contributed by atoms with Crippen LogP contribution in [-0.4, -0.2) is 52.2 Å². The molecule has 37 heavy (non-hydrogen) atoms. The van der Waals surface area contributed by atoms with Crippen LogP contribution < -0.4 is 20.9 Å². The molecule has 5 heterocycles. The molecule has 4 N–H and O–H groups in total. The van der Waals surface area contributed by atoms with Crippen LogP contribution in [0.5, 0.6) is 0 Å². The Labute approximate surface area is 212 Å². The second kappa shape index (κ2) is 9.89. The van der Waals surface area contributed by atoms with Crippen LogP contribution in [0.15, 0.2) is 48.9 Å². The molecule has 1 saturated heterocycles. The van der Waals surface area contributed by atoms with Crippen LogP contribution in [0, 0.1) is 0 Å². The van der Waals surface area contributed by atoms with E-state index in [1.165, 1.54) is 0 Å². The number of pyridine rings is 3. The smallest absolute Gasteiger partial charge is 0.379 e. The quantitative estimate of drug-likeness (QED) is 0.294. The average Bonchev–Trinajstić information content (AvgIpc) is 3.31. The van der Waals surface area contributed by atoms with Gasteiger partial charge in [0.05, 0.1) is 17.8 Å². The number of fused-ring (bicyclic) bond motifs is 1. The first-order chi connectivity index (χ1) is 17.7. The molecule has 0 spiro atoms. The highest BCUT2D eigenvalue weighted by molar-refractivity contribution is 6.02. The van der Waals surface area contributed by atoms with Gasteiger partial charge in [-0.2, -0.15) is 13.2 Å². The molecule has 0 amide bonds. The zero-order valence-corrected chi connectivity index (χ0v) is 20.8. The third kappa shape index (κ3) is 5.31. The van der Waals surface area contributed by atoms with Crippen molar-refractivity contribution in [1.82, 2.24) is 25.3 Å². The number of alkyl halides is 3. The summed E-state index contributed by atoms with van der Waals surface area (Å²) in [6.45, 7) is 5.33. The van der Waals surface area contributed by atoms with E-state index in [0.29, 0.717) is 30.2 Å². The van der Waals surface area contributed by atoms with Gasteiger partial charge in [-0.1, -0.05) is 0 Å². The first-order valence-corrected chi connectivity index (χ1v) is 12.1. The van der Waals surface area contributed by atoms with E-state index in [1.807, 2.05) is 43.1 Å². The van der Waals surface area contributed by atoms with E-state index in [0.717, 1.165) is 40.2 Å². The van der Waals surface area contributed by atoms with Gasteiger partial charge in [0.25, 0.3) is 0 Å². The van der Waals surface area contributed by atoms with Crippen molar-refractivity contribution < 1.29 is 13.2 Å². The third-order valence-corrected chi connectivity index (χ3v) is 6.43. The largest absolute Gasteiger partial charge is 0.416 e. The maximum absolute atomic E-state index is 13.8. The van der Waals surface area contributed by atoms with Crippen LogP contribution in [0.25, 0.3) is 22.2 Å². The van der Waals surface area contributed by atoms with Gasteiger partial charge in [-0.15, -0.1) is 0 Å². The minimum atomic E-state index is -4.47. The van der Waals surface area contributed by atoms with Gasteiger partial charge in [-0.3, -0.25) is 0 Å². The fraction of sp³-hybridized carbons (Fsp3) is 0.346. The normalized spacial score (nSPS) is 18.3. The number of hydrogen-bond donors (Lipinski definition) is 4. The summed E-state index contributed by atoms with van der Waals surface area (Å²) in [5.41, 5.74) is 2.87. The molecule has 1 aliphatic rings. The fourth-order valence-electron chi connectivity index (χ4n) is 4.85. The van der Waals surface area contributed by atoms with Crippen molar-refractivity contribution in [2.75, 3.05) is 35.7 Å². The van der Waals surface area contributed by atoms with Crippen molar-refractivity contribution in [3.63, 3.8) is 0 Å². The zero-order valence-electron chi connectivity index (χ0n) is 20.8. The lowest BCUT2D eigenvalue weighted by Gasteiger charge is -2.37. The maximum Gasteiger partial charge on any atom is 0.416 e. The summed E-state index contributed by atoms with van der Waals surface area (Å²) < 4.78 is 41.4. The van der Waals surface area contributed by atoms with Gasteiger partial charge >= 0.3 is 6.18 Å². The van der Waals surface area contributed by atoms with E-state index in [4.69, 9.17) is 0 Å². The topological polar surface area (TPSA) is 93.8 Å². The summed E-state index contributed by atoms with van der Waals surface area (Å²) in [6, 6.07) is 8.20. The van der Waals surface area contributed by atoms with Crippen LogP contribution in [0.1, 0.15) is 25.1 Å². The molecule has 11 heteroatoms. The highest BCUT2D eigenvalue weighted by atomic mass is 19.4. The Morgan fingerprint density at radius 1 is 1.05 bits per heavy atom. The molecular formula is C26H29F3N8. The van der Waals surface area contributed by atoms with E-state index in [2.05, 4.69) is 35.9 Å².